The maximum absolute atomic E-state index is 12.3. The second-order valence-corrected chi connectivity index (χ2v) is 7.19. The molecule has 0 aliphatic heterocycles. The highest BCUT2D eigenvalue weighted by Crippen LogP contribution is 2.28. The molecular weight excluding hydrogens is 260 g/mol. The normalized spacial score (nSPS) is 12.3. The maximum Gasteiger partial charge on any atom is 0.255 e. The molecule has 0 saturated carbocycles. The van der Waals surface area contributed by atoms with E-state index in [1.54, 1.807) is 18.2 Å². The highest BCUT2D eigenvalue weighted by atomic mass is 35.5. The van der Waals surface area contributed by atoms with Crippen molar-refractivity contribution in [2.24, 2.45) is 5.41 Å². The van der Waals surface area contributed by atoms with E-state index in [0.29, 0.717) is 16.3 Å². The van der Waals surface area contributed by atoms with Crippen LogP contribution in [0.5, 0.6) is 0 Å². The SMILES string of the molecule is CC(C)(C)CC(C)(C)NC(=O)c1c(N)cccc1Cl. The molecule has 4 heteroatoms. The molecule has 0 aliphatic rings. The average Bonchev–Trinajstić information content (AvgIpc) is 2.11. The summed E-state index contributed by atoms with van der Waals surface area (Å²) in [6.07, 6.45) is 0.857. The molecule has 0 aliphatic carbocycles. The van der Waals surface area contributed by atoms with Crippen LogP contribution in [0, 0.1) is 5.41 Å². The molecule has 0 unspecified atom stereocenters. The molecule has 1 rings (SSSR count). The molecule has 106 valence electrons. The number of carbonyl (C=O) groups excluding carboxylic acids is 1. The zero-order valence-corrected chi connectivity index (χ0v) is 13.1. The lowest BCUT2D eigenvalue weighted by Gasteiger charge is -2.33. The Hall–Kier alpha value is -1.22. The van der Waals surface area contributed by atoms with E-state index in [1.165, 1.54) is 0 Å². The van der Waals surface area contributed by atoms with Crippen molar-refractivity contribution in [2.45, 2.75) is 46.6 Å². The number of anilines is 1. The van der Waals surface area contributed by atoms with Crippen LogP contribution < -0.4 is 11.1 Å². The summed E-state index contributed by atoms with van der Waals surface area (Å²) in [5, 5.41) is 3.39. The molecule has 0 heterocycles. The van der Waals surface area contributed by atoms with Crippen LogP contribution in [-0.4, -0.2) is 11.4 Å². The molecule has 0 atom stereocenters. The van der Waals surface area contributed by atoms with Gasteiger partial charge in [-0.2, -0.15) is 0 Å². The van der Waals surface area contributed by atoms with Gasteiger partial charge in [-0.15, -0.1) is 0 Å². The molecule has 0 saturated heterocycles. The first-order chi connectivity index (χ1) is 8.52. The Morgan fingerprint density at radius 1 is 1.26 bits per heavy atom. The Kier molecular flexibility index (Phi) is 4.51. The smallest absolute Gasteiger partial charge is 0.255 e. The van der Waals surface area contributed by atoms with Crippen LogP contribution in [0.15, 0.2) is 18.2 Å². The lowest BCUT2D eigenvalue weighted by molar-refractivity contribution is 0.0892. The van der Waals surface area contributed by atoms with E-state index in [2.05, 4.69) is 26.1 Å². The summed E-state index contributed by atoms with van der Waals surface area (Å²) in [5.74, 6) is -0.225. The van der Waals surface area contributed by atoms with E-state index >= 15 is 0 Å². The highest BCUT2D eigenvalue weighted by molar-refractivity contribution is 6.34. The van der Waals surface area contributed by atoms with Gasteiger partial charge in [0.15, 0.2) is 0 Å². The fourth-order valence-corrected chi connectivity index (χ4v) is 2.79. The van der Waals surface area contributed by atoms with Crippen molar-refractivity contribution < 1.29 is 4.79 Å². The molecule has 3 nitrogen and oxygen atoms in total. The van der Waals surface area contributed by atoms with Crippen molar-refractivity contribution in [2.75, 3.05) is 5.73 Å². The van der Waals surface area contributed by atoms with E-state index in [0.717, 1.165) is 6.42 Å². The molecule has 19 heavy (non-hydrogen) atoms. The molecular formula is C15H23ClN2O. The number of halogens is 1. The number of nitrogen functional groups attached to an aromatic ring is 1. The predicted molar refractivity (Wildman–Crippen MR) is 81.5 cm³/mol. The molecule has 0 radical (unpaired) electrons. The van der Waals surface area contributed by atoms with Crippen LogP contribution in [0.4, 0.5) is 5.69 Å². The maximum atomic E-state index is 12.3. The van der Waals surface area contributed by atoms with E-state index in [9.17, 15) is 4.79 Å². The number of hydrogen-bond donors (Lipinski definition) is 2. The number of benzene rings is 1. The minimum absolute atomic E-state index is 0.128. The summed E-state index contributed by atoms with van der Waals surface area (Å²) in [6.45, 7) is 10.4. The van der Waals surface area contributed by atoms with Crippen molar-refractivity contribution in [3.8, 4) is 0 Å². The molecule has 1 aromatic carbocycles. The predicted octanol–water partition coefficient (Wildman–Crippen LogP) is 3.87. The molecule has 0 spiro atoms. The van der Waals surface area contributed by atoms with Gasteiger partial charge in [0.05, 0.1) is 10.6 Å². The molecule has 1 amide bonds. The molecule has 0 bridgehead atoms. The summed E-state index contributed by atoms with van der Waals surface area (Å²) in [4.78, 5) is 12.3. The lowest BCUT2D eigenvalue weighted by Crippen LogP contribution is -2.46. The van der Waals surface area contributed by atoms with Gasteiger partial charge in [0.25, 0.3) is 5.91 Å². The van der Waals surface area contributed by atoms with E-state index < -0.39 is 0 Å². The van der Waals surface area contributed by atoms with Crippen LogP contribution in [-0.2, 0) is 0 Å². The summed E-state index contributed by atoms with van der Waals surface area (Å²) in [6, 6.07) is 5.08. The Balaban J connectivity index is 2.91. The largest absolute Gasteiger partial charge is 0.398 e. The van der Waals surface area contributed by atoms with Crippen molar-refractivity contribution in [1.29, 1.82) is 0 Å². The first kappa shape index (κ1) is 15.8. The van der Waals surface area contributed by atoms with Gasteiger partial charge in [-0.1, -0.05) is 38.4 Å². The second kappa shape index (κ2) is 5.41. The zero-order valence-electron chi connectivity index (χ0n) is 12.3. The van der Waals surface area contributed by atoms with Crippen LogP contribution in [0.3, 0.4) is 0 Å². The highest BCUT2D eigenvalue weighted by Gasteiger charge is 2.28. The summed E-state index contributed by atoms with van der Waals surface area (Å²) in [5.41, 5.74) is 6.38. The zero-order chi connectivity index (χ0) is 14.8. The number of hydrogen-bond acceptors (Lipinski definition) is 2. The summed E-state index contributed by atoms with van der Waals surface area (Å²) in [7, 11) is 0. The third kappa shape index (κ3) is 4.75. The fraction of sp³-hybridized carbons (Fsp3) is 0.533. The fourth-order valence-electron chi connectivity index (χ4n) is 2.52. The van der Waals surface area contributed by atoms with E-state index in [4.69, 9.17) is 17.3 Å². The molecule has 0 aromatic heterocycles. The van der Waals surface area contributed by atoms with Gasteiger partial charge < -0.3 is 11.1 Å². The van der Waals surface area contributed by atoms with Gasteiger partial charge in [-0.3, -0.25) is 4.79 Å². The van der Waals surface area contributed by atoms with Crippen LogP contribution in [0.25, 0.3) is 0 Å². The third-order valence-electron chi connectivity index (χ3n) is 2.70. The van der Waals surface area contributed by atoms with Gasteiger partial charge in [0.2, 0.25) is 0 Å². The Morgan fingerprint density at radius 3 is 2.32 bits per heavy atom. The minimum Gasteiger partial charge on any atom is -0.398 e. The minimum atomic E-state index is -0.319. The number of amides is 1. The number of rotatable bonds is 3. The molecule has 0 fully saturated rings. The van der Waals surface area contributed by atoms with Gasteiger partial charge in [0, 0.05) is 11.2 Å². The second-order valence-electron chi connectivity index (χ2n) is 6.78. The van der Waals surface area contributed by atoms with Crippen molar-refractivity contribution in [3.05, 3.63) is 28.8 Å². The third-order valence-corrected chi connectivity index (χ3v) is 3.01. The number of nitrogens with one attached hydrogen (secondary N) is 1. The van der Waals surface area contributed by atoms with Gasteiger partial charge in [0.1, 0.15) is 0 Å². The van der Waals surface area contributed by atoms with Crippen molar-refractivity contribution >= 4 is 23.2 Å². The monoisotopic (exact) mass is 282 g/mol. The van der Waals surface area contributed by atoms with Crippen LogP contribution >= 0.6 is 11.6 Å². The molecule has 1 aromatic rings. The number of carbonyl (C=O) groups is 1. The summed E-state index contributed by atoms with van der Waals surface area (Å²) >= 11 is 6.05. The van der Waals surface area contributed by atoms with Crippen LogP contribution in [0.2, 0.25) is 5.02 Å². The summed E-state index contributed by atoms with van der Waals surface area (Å²) < 4.78 is 0. The molecule has 3 N–H and O–H groups in total. The standard InChI is InChI=1S/C15H23ClN2O/c1-14(2,3)9-15(4,5)18-13(19)12-10(16)7-6-8-11(12)17/h6-8H,9,17H2,1-5H3,(H,18,19). The lowest BCUT2D eigenvalue weighted by atomic mass is 9.81. The Morgan fingerprint density at radius 2 is 1.84 bits per heavy atom. The quantitative estimate of drug-likeness (QED) is 0.827. The van der Waals surface area contributed by atoms with Crippen molar-refractivity contribution in [3.63, 3.8) is 0 Å². The van der Waals surface area contributed by atoms with Gasteiger partial charge in [-0.05, 0) is 37.8 Å². The average molecular weight is 283 g/mol. The Bertz CT molecular complexity index is 455. The van der Waals surface area contributed by atoms with Crippen LogP contribution in [0.1, 0.15) is 51.4 Å². The number of nitrogens with two attached hydrogens (primary N) is 1. The van der Waals surface area contributed by atoms with E-state index in [1.807, 2.05) is 13.8 Å². The Labute approximate surface area is 120 Å². The van der Waals surface area contributed by atoms with Crippen molar-refractivity contribution in [1.82, 2.24) is 5.32 Å². The van der Waals surface area contributed by atoms with Gasteiger partial charge in [-0.25, -0.2) is 0 Å². The van der Waals surface area contributed by atoms with E-state index in [-0.39, 0.29) is 16.9 Å². The first-order valence-corrected chi connectivity index (χ1v) is 6.76. The first-order valence-electron chi connectivity index (χ1n) is 6.38. The topological polar surface area (TPSA) is 55.1 Å². The van der Waals surface area contributed by atoms with Gasteiger partial charge >= 0.3 is 0 Å².